The average Bonchev–Trinajstić information content (AvgIpc) is 2.91. The standard InChI is InChI=1S/C13H20N4O3/c1-10-4-2-8-17(11(10)12(18)19)13(20)14-6-9-16-7-3-5-15-16/h3,5,7,10-11H,2,4,6,8-9H2,1H3,(H,14,20)(H,18,19). The molecule has 0 bridgehead atoms. The molecule has 7 heteroatoms. The minimum atomic E-state index is -0.931. The molecule has 20 heavy (non-hydrogen) atoms. The number of rotatable bonds is 4. The highest BCUT2D eigenvalue weighted by atomic mass is 16.4. The lowest BCUT2D eigenvalue weighted by Gasteiger charge is -2.37. The van der Waals surface area contributed by atoms with Crippen molar-refractivity contribution in [3.63, 3.8) is 0 Å². The predicted octanol–water partition coefficient (Wildman–Crippen LogP) is 0.778. The maximum atomic E-state index is 12.1. The van der Waals surface area contributed by atoms with Gasteiger partial charge in [0, 0.05) is 25.5 Å². The number of nitrogens with zero attached hydrogens (tertiary/aromatic N) is 3. The van der Waals surface area contributed by atoms with E-state index in [0.717, 1.165) is 12.8 Å². The monoisotopic (exact) mass is 280 g/mol. The van der Waals surface area contributed by atoms with E-state index in [4.69, 9.17) is 0 Å². The zero-order chi connectivity index (χ0) is 14.5. The highest BCUT2D eigenvalue weighted by molar-refractivity contribution is 5.83. The van der Waals surface area contributed by atoms with E-state index in [2.05, 4.69) is 10.4 Å². The van der Waals surface area contributed by atoms with E-state index < -0.39 is 12.0 Å². The van der Waals surface area contributed by atoms with Crippen molar-refractivity contribution in [1.82, 2.24) is 20.0 Å². The number of hydrogen-bond acceptors (Lipinski definition) is 3. The van der Waals surface area contributed by atoms with Gasteiger partial charge in [0.15, 0.2) is 0 Å². The summed E-state index contributed by atoms with van der Waals surface area (Å²) in [5, 5.41) is 16.1. The van der Waals surface area contributed by atoms with Crippen molar-refractivity contribution in [3.8, 4) is 0 Å². The predicted molar refractivity (Wildman–Crippen MR) is 72.2 cm³/mol. The lowest BCUT2D eigenvalue weighted by atomic mass is 9.91. The molecular weight excluding hydrogens is 260 g/mol. The van der Waals surface area contributed by atoms with Gasteiger partial charge in [-0.25, -0.2) is 9.59 Å². The number of carboxylic acid groups (broad SMARTS) is 1. The van der Waals surface area contributed by atoms with Gasteiger partial charge in [-0.1, -0.05) is 6.92 Å². The van der Waals surface area contributed by atoms with Crippen LogP contribution in [0.25, 0.3) is 0 Å². The first-order valence-electron chi connectivity index (χ1n) is 6.84. The van der Waals surface area contributed by atoms with Crippen molar-refractivity contribution in [3.05, 3.63) is 18.5 Å². The largest absolute Gasteiger partial charge is 0.480 e. The molecule has 7 nitrogen and oxygen atoms in total. The highest BCUT2D eigenvalue weighted by Crippen LogP contribution is 2.23. The number of carbonyl (C=O) groups is 2. The third-order valence-corrected chi connectivity index (χ3v) is 3.62. The van der Waals surface area contributed by atoms with Gasteiger partial charge in [0.25, 0.3) is 0 Å². The quantitative estimate of drug-likeness (QED) is 0.853. The van der Waals surface area contributed by atoms with Crippen LogP contribution in [0.3, 0.4) is 0 Å². The summed E-state index contributed by atoms with van der Waals surface area (Å²) in [6, 6.07) is 0.777. The summed E-state index contributed by atoms with van der Waals surface area (Å²) in [5.74, 6) is -0.947. The van der Waals surface area contributed by atoms with Gasteiger partial charge < -0.3 is 15.3 Å². The van der Waals surface area contributed by atoms with Crippen LogP contribution in [0, 0.1) is 5.92 Å². The first kappa shape index (κ1) is 14.4. The Labute approximate surface area is 117 Å². The third-order valence-electron chi connectivity index (χ3n) is 3.62. The number of aromatic nitrogens is 2. The van der Waals surface area contributed by atoms with Crippen molar-refractivity contribution >= 4 is 12.0 Å². The molecule has 0 radical (unpaired) electrons. The Bertz CT molecular complexity index is 460. The Hall–Kier alpha value is -2.05. The number of aliphatic carboxylic acids is 1. The van der Waals surface area contributed by atoms with E-state index >= 15 is 0 Å². The first-order chi connectivity index (χ1) is 9.59. The van der Waals surface area contributed by atoms with E-state index in [1.165, 1.54) is 4.90 Å². The Morgan fingerprint density at radius 2 is 2.30 bits per heavy atom. The third kappa shape index (κ3) is 3.28. The lowest BCUT2D eigenvalue weighted by molar-refractivity contribution is -0.145. The zero-order valence-corrected chi connectivity index (χ0v) is 11.5. The summed E-state index contributed by atoms with van der Waals surface area (Å²) in [6.45, 7) is 3.37. The number of amides is 2. The highest BCUT2D eigenvalue weighted by Gasteiger charge is 2.36. The number of carboxylic acids is 1. The van der Waals surface area contributed by atoms with Crippen LogP contribution in [-0.4, -0.2) is 50.9 Å². The van der Waals surface area contributed by atoms with Gasteiger partial charge in [0.2, 0.25) is 0 Å². The molecular formula is C13H20N4O3. The SMILES string of the molecule is CC1CCCN(C(=O)NCCn2cccn2)C1C(=O)O. The molecule has 2 unspecified atom stereocenters. The fraction of sp³-hybridized carbons (Fsp3) is 0.615. The molecule has 2 amide bonds. The van der Waals surface area contributed by atoms with Crippen molar-refractivity contribution in [2.75, 3.05) is 13.1 Å². The Kier molecular flexibility index (Phi) is 4.60. The Morgan fingerprint density at radius 1 is 1.50 bits per heavy atom. The van der Waals surface area contributed by atoms with Gasteiger partial charge in [-0.3, -0.25) is 4.68 Å². The van der Waals surface area contributed by atoms with Crippen molar-refractivity contribution in [2.24, 2.45) is 5.92 Å². The van der Waals surface area contributed by atoms with E-state index in [9.17, 15) is 14.7 Å². The number of carbonyl (C=O) groups excluding carboxylic acids is 1. The molecule has 1 aromatic heterocycles. The Morgan fingerprint density at radius 3 is 2.95 bits per heavy atom. The van der Waals surface area contributed by atoms with Crippen LogP contribution in [-0.2, 0) is 11.3 Å². The molecule has 1 saturated heterocycles. The molecule has 1 aromatic rings. The van der Waals surface area contributed by atoms with E-state index in [0.29, 0.717) is 19.6 Å². The molecule has 0 aromatic carbocycles. The molecule has 2 atom stereocenters. The van der Waals surface area contributed by atoms with Crippen molar-refractivity contribution < 1.29 is 14.7 Å². The maximum Gasteiger partial charge on any atom is 0.326 e. The van der Waals surface area contributed by atoms with Crippen molar-refractivity contribution in [2.45, 2.75) is 32.4 Å². The number of likely N-dealkylation sites (tertiary alicyclic amines) is 1. The molecule has 1 aliphatic rings. The fourth-order valence-corrected chi connectivity index (χ4v) is 2.60. The molecule has 110 valence electrons. The molecule has 1 aliphatic heterocycles. The normalized spacial score (nSPS) is 22.6. The maximum absolute atomic E-state index is 12.1. The van der Waals surface area contributed by atoms with Gasteiger partial charge in [-0.15, -0.1) is 0 Å². The fourth-order valence-electron chi connectivity index (χ4n) is 2.60. The van der Waals surface area contributed by atoms with Gasteiger partial charge in [0.05, 0.1) is 6.54 Å². The second-order valence-electron chi connectivity index (χ2n) is 5.10. The summed E-state index contributed by atoms with van der Waals surface area (Å²) < 4.78 is 1.72. The Balaban J connectivity index is 1.88. The van der Waals surface area contributed by atoms with E-state index in [1.54, 1.807) is 10.9 Å². The average molecular weight is 280 g/mol. The number of urea groups is 1. The number of piperidine rings is 1. The van der Waals surface area contributed by atoms with Gasteiger partial charge in [-0.05, 0) is 24.8 Å². The summed E-state index contributed by atoms with van der Waals surface area (Å²) in [5.41, 5.74) is 0. The molecule has 2 N–H and O–H groups in total. The van der Waals surface area contributed by atoms with E-state index in [-0.39, 0.29) is 11.9 Å². The molecule has 0 aliphatic carbocycles. The minimum Gasteiger partial charge on any atom is -0.480 e. The molecule has 2 heterocycles. The topological polar surface area (TPSA) is 87.5 Å². The van der Waals surface area contributed by atoms with Crippen LogP contribution in [0.15, 0.2) is 18.5 Å². The van der Waals surface area contributed by atoms with Gasteiger partial charge in [0.1, 0.15) is 6.04 Å². The smallest absolute Gasteiger partial charge is 0.326 e. The summed E-state index contributed by atoms with van der Waals surface area (Å²) in [6.07, 6.45) is 5.18. The van der Waals surface area contributed by atoms with Crippen LogP contribution < -0.4 is 5.32 Å². The van der Waals surface area contributed by atoms with Gasteiger partial charge >= 0.3 is 12.0 Å². The number of nitrogens with one attached hydrogen (secondary N) is 1. The van der Waals surface area contributed by atoms with E-state index in [1.807, 2.05) is 19.2 Å². The van der Waals surface area contributed by atoms with Crippen LogP contribution in [0.4, 0.5) is 4.79 Å². The molecule has 0 saturated carbocycles. The second kappa shape index (κ2) is 6.40. The number of hydrogen-bond donors (Lipinski definition) is 2. The lowest BCUT2D eigenvalue weighted by Crippen LogP contribution is -2.55. The molecule has 2 rings (SSSR count). The zero-order valence-electron chi connectivity index (χ0n) is 11.5. The van der Waals surface area contributed by atoms with Crippen LogP contribution in [0.5, 0.6) is 0 Å². The summed E-state index contributed by atoms with van der Waals surface area (Å²) in [4.78, 5) is 24.8. The van der Waals surface area contributed by atoms with Crippen molar-refractivity contribution in [1.29, 1.82) is 0 Å². The van der Waals surface area contributed by atoms with Crippen LogP contribution >= 0.6 is 0 Å². The minimum absolute atomic E-state index is 0.0156. The summed E-state index contributed by atoms with van der Waals surface area (Å²) >= 11 is 0. The molecule has 1 fully saturated rings. The van der Waals surface area contributed by atoms with Gasteiger partial charge in [-0.2, -0.15) is 5.10 Å². The van der Waals surface area contributed by atoms with Crippen LogP contribution in [0.2, 0.25) is 0 Å². The summed E-state index contributed by atoms with van der Waals surface area (Å²) in [7, 11) is 0. The van der Waals surface area contributed by atoms with Crippen LogP contribution in [0.1, 0.15) is 19.8 Å². The molecule has 0 spiro atoms. The second-order valence-corrected chi connectivity index (χ2v) is 5.10. The first-order valence-corrected chi connectivity index (χ1v) is 6.84.